The second-order valence-corrected chi connectivity index (χ2v) is 10.6. The minimum Gasteiger partial charge on any atom is -0.493 e. The van der Waals surface area contributed by atoms with E-state index in [0.29, 0.717) is 43.7 Å². The zero-order chi connectivity index (χ0) is 31.0. The third kappa shape index (κ3) is 7.15. The van der Waals surface area contributed by atoms with Crippen LogP contribution in [0.3, 0.4) is 0 Å². The summed E-state index contributed by atoms with van der Waals surface area (Å²) in [7, 11) is 0. The molecule has 0 aliphatic carbocycles. The number of fused-ring (bicyclic) bond motifs is 1. The number of anilines is 1. The predicted octanol–water partition coefficient (Wildman–Crippen LogP) is 3.04. The second kappa shape index (κ2) is 14.2. The summed E-state index contributed by atoms with van der Waals surface area (Å²) in [6.45, 7) is 5.38. The maximum atomic E-state index is 13.2. The van der Waals surface area contributed by atoms with E-state index in [4.69, 9.17) is 14.2 Å². The van der Waals surface area contributed by atoms with Gasteiger partial charge in [-0.2, -0.15) is 0 Å². The maximum absolute atomic E-state index is 13.2. The van der Waals surface area contributed by atoms with E-state index in [1.165, 1.54) is 12.5 Å². The van der Waals surface area contributed by atoms with Gasteiger partial charge in [-0.1, -0.05) is 18.2 Å². The highest BCUT2D eigenvalue weighted by atomic mass is 16.6. The molecule has 1 fully saturated rings. The molecule has 0 unspecified atom stereocenters. The molecule has 2 aromatic carbocycles. The first-order valence-electron chi connectivity index (χ1n) is 14.8. The fourth-order valence-corrected chi connectivity index (χ4v) is 5.64. The zero-order valence-corrected chi connectivity index (χ0v) is 24.9. The van der Waals surface area contributed by atoms with Gasteiger partial charge in [0.25, 0.3) is 5.91 Å². The summed E-state index contributed by atoms with van der Waals surface area (Å²) in [5.74, 6) is -2.00. The van der Waals surface area contributed by atoms with Gasteiger partial charge in [-0.05, 0) is 69.0 Å². The van der Waals surface area contributed by atoms with E-state index in [1.807, 2.05) is 23.1 Å². The Balaban J connectivity index is 1.35. The number of rotatable bonds is 11. The number of para-hydroxylation sites is 1. The number of nitrogens with one attached hydrogen (secondary N) is 1. The summed E-state index contributed by atoms with van der Waals surface area (Å²) < 4.78 is 15.9. The lowest BCUT2D eigenvalue weighted by molar-refractivity contribution is -0.168. The second-order valence-electron chi connectivity index (χ2n) is 10.6. The van der Waals surface area contributed by atoms with E-state index in [-0.39, 0.29) is 44.1 Å². The molecule has 3 amide bonds. The summed E-state index contributed by atoms with van der Waals surface area (Å²) in [6, 6.07) is 14.7. The first kappa shape index (κ1) is 31.5. The maximum Gasteiger partial charge on any atom is 0.343 e. The van der Waals surface area contributed by atoms with Crippen LogP contribution in [0, 0.1) is 0 Å². The molecule has 0 bridgehead atoms. The van der Waals surface area contributed by atoms with Crippen molar-refractivity contribution in [2.24, 2.45) is 0 Å². The molecular formula is C32H39N3O8. The van der Waals surface area contributed by atoms with Crippen LogP contribution in [0.5, 0.6) is 5.75 Å². The lowest BCUT2D eigenvalue weighted by Gasteiger charge is -2.41. The number of piperidine rings is 1. The van der Waals surface area contributed by atoms with Gasteiger partial charge >= 0.3 is 11.9 Å². The molecule has 11 heteroatoms. The van der Waals surface area contributed by atoms with Gasteiger partial charge < -0.3 is 29.3 Å². The molecule has 2 aromatic rings. The molecule has 0 aromatic heterocycles. The molecule has 2 aliphatic heterocycles. The Bertz CT molecular complexity index is 1320. The summed E-state index contributed by atoms with van der Waals surface area (Å²) >= 11 is 0. The van der Waals surface area contributed by atoms with Crippen LogP contribution >= 0.6 is 0 Å². The Labute approximate surface area is 251 Å². The first-order valence-corrected chi connectivity index (χ1v) is 14.8. The first-order chi connectivity index (χ1) is 20.7. The van der Waals surface area contributed by atoms with Gasteiger partial charge in [0.1, 0.15) is 5.75 Å². The van der Waals surface area contributed by atoms with Crippen LogP contribution in [-0.2, 0) is 35.1 Å². The molecule has 1 N–H and O–H groups in total. The molecule has 1 saturated heterocycles. The van der Waals surface area contributed by atoms with E-state index in [0.717, 1.165) is 12.1 Å². The Hall–Kier alpha value is -4.41. The Kier molecular flexibility index (Phi) is 10.4. The van der Waals surface area contributed by atoms with Gasteiger partial charge in [-0.3, -0.25) is 14.4 Å². The van der Waals surface area contributed by atoms with Gasteiger partial charge in [-0.25, -0.2) is 9.59 Å². The number of aryl methyl sites for hydroxylation is 1. The quantitative estimate of drug-likeness (QED) is 0.311. The topological polar surface area (TPSA) is 132 Å². The highest BCUT2D eigenvalue weighted by Gasteiger charge is 2.50. The Morgan fingerprint density at radius 2 is 1.53 bits per heavy atom. The molecule has 0 spiro atoms. The van der Waals surface area contributed by atoms with Gasteiger partial charge in [0.05, 0.1) is 19.8 Å². The van der Waals surface area contributed by atoms with Gasteiger partial charge in [0.2, 0.25) is 17.4 Å². The number of carbonyl (C=O) groups excluding carboxylic acids is 5. The summed E-state index contributed by atoms with van der Waals surface area (Å²) in [5.41, 5.74) is 0.625. The number of hydrogen-bond donors (Lipinski definition) is 1. The van der Waals surface area contributed by atoms with Crippen molar-refractivity contribution in [3.05, 3.63) is 59.7 Å². The minimum absolute atomic E-state index is 0.0118. The SMILES string of the molecule is CCOC(=O)C(CCOc1ccc(C(=O)N2CCC(N3C(=O)CCc4ccccc43)CC2)cc1)(NC(C)=O)C(=O)OCC. The lowest BCUT2D eigenvalue weighted by Crippen LogP contribution is -2.61. The average molecular weight is 594 g/mol. The van der Waals surface area contributed by atoms with Crippen LogP contribution in [0.2, 0.25) is 0 Å². The van der Waals surface area contributed by atoms with Crippen LogP contribution in [-0.4, -0.2) is 79.1 Å². The molecule has 0 atom stereocenters. The average Bonchev–Trinajstić information content (AvgIpc) is 3.00. The molecule has 0 saturated carbocycles. The molecule has 11 nitrogen and oxygen atoms in total. The fourth-order valence-electron chi connectivity index (χ4n) is 5.64. The summed E-state index contributed by atoms with van der Waals surface area (Å²) in [5, 5.41) is 2.40. The van der Waals surface area contributed by atoms with Crippen molar-refractivity contribution < 1.29 is 38.2 Å². The highest BCUT2D eigenvalue weighted by Crippen LogP contribution is 2.32. The van der Waals surface area contributed by atoms with E-state index < -0.39 is 23.4 Å². The minimum atomic E-state index is -2.04. The van der Waals surface area contributed by atoms with Crippen molar-refractivity contribution in [2.45, 2.75) is 64.5 Å². The summed E-state index contributed by atoms with van der Waals surface area (Å²) in [4.78, 5) is 67.2. The highest BCUT2D eigenvalue weighted by molar-refractivity contribution is 6.07. The van der Waals surface area contributed by atoms with Crippen LogP contribution in [0.15, 0.2) is 48.5 Å². The third-order valence-corrected chi connectivity index (χ3v) is 7.73. The van der Waals surface area contributed by atoms with Crippen molar-refractivity contribution in [3.8, 4) is 5.75 Å². The van der Waals surface area contributed by atoms with E-state index >= 15 is 0 Å². The third-order valence-electron chi connectivity index (χ3n) is 7.73. The number of carbonyl (C=O) groups is 5. The molecular weight excluding hydrogens is 554 g/mol. The molecule has 2 aliphatic rings. The standard InChI is InChI=1S/C32H39N3O8/c1-4-41-30(39)32(33-22(3)36,31(40)42-5-2)18-21-43-26-13-10-24(11-14-26)29(38)34-19-16-25(17-20-34)35-27-9-7-6-8-23(27)12-15-28(35)37/h6-11,13-14,25H,4-5,12,15-21H2,1-3H3,(H,33,36). The smallest absolute Gasteiger partial charge is 0.343 e. The number of hydrogen-bond acceptors (Lipinski definition) is 8. The molecule has 230 valence electrons. The number of nitrogens with zero attached hydrogens (tertiary/aromatic N) is 2. The van der Waals surface area contributed by atoms with Crippen LogP contribution < -0.4 is 15.0 Å². The van der Waals surface area contributed by atoms with E-state index in [9.17, 15) is 24.0 Å². The number of esters is 2. The van der Waals surface area contributed by atoms with E-state index in [2.05, 4.69) is 11.4 Å². The van der Waals surface area contributed by atoms with Crippen molar-refractivity contribution in [1.82, 2.24) is 10.2 Å². The van der Waals surface area contributed by atoms with Crippen molar-refractivity contribution >= 4 is 35.3 Å². The Morgan fingerprint density at radius 3 is 2.14 bits per heavy atom. The van der Waals surface area contributed by atoms with Crippen LogP contribution in [0.4, 0.5) is 5.69 Å². The van der Waals surface area contributed by atoms with Crippen LogP contribution in [0.1, 0.15) is 62.4 Å². The number of amides is 3. The normalized spacial score (nSPS) is 15.4. The lowest BCUT2D eigenvalue weighted by atomic mass is 9.95. The molecule has 2 heterocycles. The van der Waals surface area contributed by atoms with Crippen molar-refractivity contribution in [2.75, 3.05) is 37.8 Å². The van der Waals surface area contributed by atoms with Crippen molar-refractivity contribution in [3.63, 3.8) is 0 Å². The molecule has 0 radical (unpaired) electrons. The predicted molar refractivity (Wildman–Crippen MR) is 158 cm³/mol. The summed E-state index contributed by atoms with van der Waals surface area (Å²) in [6.07, 6.45) is 2.44. The van der Waals surface area contributed by atoms with Crippen molar-refractivity contribution in [1.29, 1.82) is 0 Å². The van der Waals surface area contributed by atoms with Gasteiger partial charge in [0.15, 0.2) is 0 Å². The van der Waals surface area contributed by atoms with E-state index in [1.54, 1.807) is 43.0 Å². The molecule has 4 rings (SSSR count). The number of ether oxygens (including phenoxy) is 3. The molecule has 43 heavy (non-hydrogen) atoms. The van der Waals surface area contributed by atoms with Crippen LogP contribution in [0.25, 0.3) is 0 Å². The zero-order valence-electron chi connectivity index (χ0n) is 24.9. The largest absolute Gasteiger partial charge is 0.493 e. The monoisotopic (exact) mass is 593 g/mol. The van der Waals surface area contributed by atoms with Gasteiger partial charge in [-0.15, -0.1) is 0 Å². The number of likely N-dealkylation sites (tertiary alicyclic amines) is 1. The fraction of sp³-hybridized carbons (Fsp3) is 0.469. The Morgan fingerprint density at radius 1 is 0.907 bits per heavy atom. The van der Waals surface area contributed by atoms with Gasteiger partial charge in [0, 0.05) is 50.1 Å². The number of benzene rings is 2.